The van der Waals surface area contributed by atoms with Crippen molar-refractivity contribution in [2.75, 3.05) is 20.2 Å². The van der Waals surface area contributed by atoms with E-state index in [9.17, 15) is 4.79 Å². The van der Waals surface area contributed by atoms with Crippen LogP contribution >= 0.6 is 0 Å². The maximum absolute atomic E-state index is 11.2. The zero-order valence-electron chi connectivity index (χ0n) is 8.67. The Morgan fingerprint density at radius 2 is 2.15 bits per heavy atom. The molecule has 0 aliphatic rings. The number of nitrogens with two attached hydrogens (primary N) is 1. The van der Waals surface area contributed by atoms with Gasteiger partial charge in [-0.3, -0.25) is 4.79 Å². The third kappa shape index (κ3) is 4.85. The van der Waals surface area contributed by atoms with Crippen LogP contribution in [0.3, 0.4) is 0 Å². The second-order valence-electron chi connectivity index (χ2n) is 3.34. The molecule has 0 heterocycles. The molecular weight excluding hydrogens is 168 g/mol. The van der Waals surface area contributed by atoms with E-state index in [1.807, 2.05) is 13.8 Å². The van der Waals surface area contributed by atoms with Crippen LogP contribution in [0, 0.1) is 5.92 Å². The third-order valence-electron chi connectivity index (χ3n) is 1.87. The summed E-state index contributed by atoms with van der Waals surface area (Å²) in [5, 5.41) is 3.12. The van der Waals surface area contributed by atoms with E-state index in [2.05, 4.69) is 10.1 Å². The van der Waals surface area contributed by atoms with E-state index in [4.69, 9.17) is 5.73 Å². The van der Waals surface area contributed by atoms with E-state index >= 15 is 0 Å². The largest absolute Gasteiger partial charge is 0.468 e. The highest BCUT2D eigenvalue weighted by atomic mass is 16.5. The van der Waals surface area contributed by atoms with E-state index in [1.165, 1.54) is 7.11 Å². The van der Waals surface area contributed by atoms with Crippen LogP contribution in [0.15, 0.2) is 0 Å². The van der Waals surface area contributed by atoms with Gasteiger partial charge in [-0.25, -0.2) is 0 Å². The SMILES string of the molecule is COC(=O)[C@@H](NCCCN)C(C)C. The number of esters is 1. The van der Waals surface area contributed by atoms with Gasteiger partial charge in [0, 0.05) is 0 Å². The molecule has 0 aromatic heterocycles. The lowest BCUT2D eigenvalue weighted by atomic mass is 10.0. The summed E-state index contributed by atoms with van der Waals surface area (Å²) in [6, 6.07) is -0.212. The normalized spacial score (nSPS) is 13.0. The topological polar surface area (TPSA) is 64.3 Å². The van der Waals surface area contributed by atoms with E-state index in [1.54, 1.807) is 0 Å². The Bertz CT molecular complexity index is 149. The van der Waals surface area contributed by atoms with Crippen LogP contribution < -0.4 is 11.1 Å². The van der Waals surface area contributed by atoms with Crippen LogP contribution in [0.5, 0.6) is 0 Å². The third-order valence-corrected chi connectivity index (χ3v) is 1.87. The average Bonchev–Trinajstić information content (AvgIpc) is 2.11. The summed E-state index contributed by atoms with van der Waals surface area (Å²) < 4.78 is 4.67. The molecular formula is C9H20N2O2. The van der Waals surface area contributed by atoms with Gasteiger partial charge in [0.2, 0.25) is 0 Å². The highest BCUT2D eigenvalue weighted by molar-refractivity contribution is 5.75. The molecule has 0 saturated carbocycles. The summed E-state index contributed by atoms with van der Waals surface area (Å²) in [6.07, 6.45) is 0.875. The van der Waals surface area contributed by atoms with Crippen LogP contribution in [0.1, 0.15) is 20.3 Å². The molecule has 78 valence electrons. The molecule has 0 unspecified atom stereocenters. The number of carbonyl (C=O) groups excluding carboxylic acids is 1. The van der Waals surface area contributed by atoms with Crippen molar-refractivity contribution in [1.82, 2.24) is 5.32 Å². The van der Waals surface area contributed by atoms with Crippen molar-refractivity contribution in [1.29, 1.82) is 0 Å². The fourth-order valence-electron chi connectivity index (χ4n) is 1.08. The van der Waals surface area contributed by atoms with Crippen molar-refractivity contribution >= 4 is 5.97 Å². The second-order valence-corrected chi connectivity index (χ2v) is 3.34. The number of nitrogens with one attached hydrogen (secondary N) is 1. The van der Waals surface area contributed by atoms with Gasteiger partial charge in [-0.1, -0.05) is 13.8 Å². The lowest BCUT2D eigenvalue weighted by molar-refractivity contribution is -0.144. The van der Waals surface area contributed by atoms with Crippen LogP contribution in [0.25, 0.3) is 0 Å². The lowest BCUT2D eigenvalue weighted by Gasteiger charge is -2.19. The minimum absolute atomic E-state index is 0.202. The van der Waals surface area contributed by atoms with E-state index in [0.29, 0.717) is 6.54 Å². The second kappa shape index (κ2) is 6.86. The quantitative estimate of drug-likeness (QED) is 0.459. The highest BCUT2D eigenvalue weighted by Crippen LogP contribution is 2.02. The predicted octanol–water partition coefficient (Wildman–Crippen LogP) is 0.122. The first-order valence-electron chi connectivity index (χ1n) is 4.64. The number of methoxy groups -OCH3 is 1. The first-order chi connectivity index (χ1) is 6.13. The summed E-state index contributed by atoms with van der Waals surface area (Å²) >= 11 is 0. The van der Waals surface area contributed by atoms with Crippen molar-refractivity contribution in [2.45, 2.75) is 26.3 Å². The van der Waals surface area contributed by atoms with Crippen LogP contribution in [-0.2, 0) is 9.53 Å². The van der Waals surface area contributed by atoms with Crippen LogP contribution in [0.4, 0.5) is 0 Å². The summed E-state index contributed by atoms with van der Waals surface area (Å²) in [5.41, 5.74) is 5.34. The number of ether oxygens (including phenoxy) is 1. The predicted molar refractivity (Wildman–Crippen MR) is 52.3 cm³/mol. The maximum atomic E-state index is 11.2. The number of rotatable bonds is 6. The highest BCUT2D eigenvalue weighted by Gasteiger charge is 2.21. The van der Waals surface area contributed by atoms with Crippen LogP contribution in [0.2, 0.25) is 0 Å². The monoisotopic (exact) mass is 188 g/mol. The lowest BCUT2D eigenvalue weighted by Crippen LogP contribution is -2.42. The molecule has 0 rings (SSSR count). The molecule has 0 fully saturated rings. The molecule has 4 nitrogen and oxygen atoms in total. The van der Waals surface area contributed by atoms with Crippen molar-refractivity contribution in [3.63, 3.8) is 0 Å². The average molecular weight is 188 g/mol. The molecule has 13 heavy (non-hydrogen) atoms. The fourth-order valence-corrected chi connectivity index (χ4v) is 1.08. The van der Waals surface area contributed by atoms with Gasteiger partial charge in [0.1, 0.15) is 6.04 Å². The van der Waals surface area contributed by atoms with E-state index in [0.717, 1.165) is 13.0 Å². The minimum atomic E-state index is -0.212. The summed E-state index contributed by atoms with van der Waals surface area (Å²) in [6.45, 7) is 5.36. The van der Waals surface area contributed by atoms with Crippen molar-refractivity contribution in [2.24, 2.45) is 11.7 Å². The Morgan fingerprint density at radius 1 is 1.54 bits per heavy atom. The number of hydrogen-bond acceptors (Lipinski definition) is 4. The van der Waals surface area contributed by atoms with Gasteiger partial charge >= 0.3 is 5.97 Å². The molecule has 3 N–H and O–H groups in total. The van der Waals surface area contributed by atoms with Crippen LogP contribution in [-0.4, -0.2) is 32.2 Å². The van der Waals surface area contributed by atoms with E-state index in [-0.39, 0.29) is 17.9 Å². The smallest absolute Gasteiger partial charge is 0.323 e. The zero-order chi connectivity index (χ0) is 10.3. The van der Waals surface area contributed by atoms with Crippen molar-refractivity contribution < 1.29 is 9.53 Å². The summed E-state index contributed by atoms with van der Waals surface area (Å²) in [4.78, 5) is 11.2. The fraction of sp³-hybridized carbons (Fsp3) is 0.889. The molecule has 0 bridgehead atoms. The van der Waals surface area contributed by atoms with Gasteiger partial charge in [0.05, 0.1) is 7.11 Å². The van der Waals surface area contributed by atoms with Gasteiger partial charge < -0.3 is 15.8 Å². The zero-order valence-corrected chi connectivity index (χ0v) is 8.67. The maximum Gasteiger partial charge on any atom is 0.323 e. The molecule has 0 aliphatic heterocycles. The van der Waals surface area contributed by atoms with Gasteiger partial charge in [0.25, 0.3) is 0 Å². The Labute approximate surface area is 79.8 Å². The molecule has 0 aromatic carbocycles. The van der Waals surface area contributed by atoms with Crippen molar-refractivity contribution in [3.05, 3.63) is 0 Å². The van der Waals surface area contributed by atoms with E-state index < -0.39 is 0 Å². The molecule has 4 heteroatoms. The first kappa shape index (κ1) is 12.4. The molecule has 0 spiro atoms. The summed E-state index contributed by atoms with van der Waals surface area (Å²) in [7, 11) is 1.41. The van der Waals surface area contributed by atoms with Gasteiger partial charge in [-0.2, -0.15) is 0 Å². The molecule has 1 atom stereocenters. The van der Waals surface area contributed by atoms with Gasteiger partial charge in [-0.05, 0) is 25.4 Å². The van der Waals surface area contributed by atoms with Crippen molar-refractivity contribution in [3.8, 4) is 0 Å². The summed E-state index contributed by atoms with van der Waals surface area (Å²) in [5.74, 6) is 0.0391. The number of carbonyl (C=O) groups is 1. The molecule has 0 saturated heterocycles. The Balaban J connectivity index is 3.88. The molecule has 0 amide bonds. The Morgan fingerprint density at radius 3 is 2.54 bits per heavy atom. The molecule has 0 aliphatic carbocycles. The Hall–Kier alpha value is -0.610. The minimum Gasteiger partial charge on any atom is -0.468 e. The standard InChI is InChI=1S/C9H20N2O2/c1-7(2)8(9(12)13-3)11-6-4-5-10/h7-8,11H,4-6,10H2,1-3H3/t8-/m0/s1. The number of hydrogen-bond donors (Lipinski definition) is 2. The molecule has 0 aromatic rings. The van der Waals surface area contributed by atoms with Gasteiger partial charge in [-0.15, -0.1) is 0 Å². The Kier molecular flexibility index (Phi) is 6.54. The van der Waals surface area contributed by atoms with Gasteiger partial charge in [0.15, 0.2) is 0 Å². The molecule has 0 radical (unpaired) electrons. The first-order valence-corrected chi connectivity index (χ1v) is 4.64.